The molecule has 0 aliphatic heterocycles. The Morgan fingerprint density at radius 2 is 1.80 bits per heavy atom. The van der Waals surface area contributed by atoms with Crippen LogP contribution in [-0.4, -0.2) is 10.7 Å². The van der Waals surface area contributed by atoms with Gasteiger partial charge < -0.3 is 4.98 Å². The Bertz CT molecular complexity index is 1530. The van der Waals surface area contributed by atoms with Crippen LogP contribution in [0.5, 0.6) is 0 Å². The summed E-state index contributed by atoms with van der Waals surface area (Å²) in [6, 6.07) is 10.0. The Morgan fingerprint density at radius 1 is 1.10 bits per heavy atom. The summed E-state index contributed by atoms with van der Waals surface area (Å²) in [5.41, 5.74) is 4.48. The van der Waals surface area contributed by atoms with Crippen molar-refractivity contribution in [3.05, 3.63) is 92.5 Å². The van der Waals surface area contributed by atoms with E-state index in [9.17, 15) is 13.2 Å². The van der Waals surface area contributed by atoms with Crippen LogP contribution in [0.3, 0.4) is 0 Å². The Hall–Kier alpha value is -3.81. The number of H-pyrrole nitrogens is 1. The van der Waals surface area contributed by atoms with Gasteiger partial charge in [-0.1, -0.05) is 57.0 Å². The van der Waals surface area contributed by atoms with Crippen molar-refractivity contribution in [3.63, 3.8) is 0 Å². The molecule has 0 amide bonds. The molecule has 4 nitrogen and oxygen atoms in total. The van der Waals surface area contributed by atoms with Gasteiger partial charge in [0.2, 0.25) is 0 Å². The van der Waals surface area contributed by atoms with Crippen LogP contribution in [-0.2, 0) is 6.42 Å². The molecule has 2 aromatic carbocycles. The summed E-state index contributed by atoms with van der Waals surface area (Å²) in [4.78, 5) is 7.27. The second-order valence-corrected chi connectivity index (χ2v) is 9.96. The summed E-state index contributed by atoms with van der Waals surface area (Å²) in [5, 5.41) is 18.1. The largest absolute Gasteiger partial charge is 0.358 e. The average molecular weight is 567 g/mol. The molecule has 0 saturated carbocycles. The van der Waals surface area contributed by atoms with Gasteiger partial charge in [-0.15, -0.1) is 0 Å². The number of aromatic nitrogens is 1. The molecule has 3 aromatic rings. The monoisotopic (exact) mass is 566 g/mol. The van der Waals surface area contributed by atoms with Gasteiger partial charge in [-0.05, 0) is 74.9 Å². The zero-order valence-electron chi connectivity index (χ0n) is 23.7. The molecule has 0 aliphatic carbocycles. The van der Waals surface area contributed by atoms with Gasteiger partial charge in [0.15, 0.2) is 11.6 Å². The van der Waals surface area contributed by atoms with Crippen LogP contribution in [0.2, 0.25) is 5.02 Å². The number of benzene rings is 2. The second-order valence-electron chi connectivity index (χ2n) is 9.56. The predicted octanol–water partition coefficient (Wildman–Crippen LogP) is 9.78. The zero-order valence-corrected chi connectivity index (χ0v) is 24.5. The highest BCUT2D eigenvalue weighted by Gasteiger charge is 2.23. The lowest BCUT2D eigenvalue weighted by Crippen LogP contribution is -2.05. The minimum atomic E-state index is -0.832. The molecule has 1 aromatic heterocycles. The quantitative estimate of drug-likeness (QED) is 0.217. The van der Waals surface area contributed by atoms with E-state index in [4.69, 9.17) is 22.1 Å². The van der Waals surface area contributed by atoms with E-state index in [-0.39, 0.29) is 21.9 Å². The second kappa shape index (κ2) is 15.1. The average Bonchev–Trinajstić information content (AvgIpc) is 3.27. The summed E-state index contributed by atoms with van der Waals surface area (Å²) in [6.07, 6.45) is 6.97. The number of hydrogen-bond acceptors (Lipinski definition) is 3. The molecule has 0 aliphatic rings. The van der Waals surface area contributed by atoms with E-state index in [1.54, 1.807) is 25.1 Å². The van der Waals surface area contributed by atoms with E-state index in [1.165, 1.54) is 19.1 Å². The van der Waals surface area contributed by atoms with Crippen molar-refractivity contribution in [2.24, 2.45) is 4.99 Å². The number of fused-ring (bicyclic) bond motifs is 1. The van der Waals surface area contributed by atoms with Gasteiger partial charge >= 0.3 is 0 Å². The molecule has 0 fully saturated rings. The fourth-order valence-corrected chi connectivity index (χ4v) is 4.43. The SMILES string of the molecule is CC/C=C(C)/N=C(C#N)/C=C(\C)C#N.CCCCc1c(C(C)c2ccc(C)c(F)c2F)[nH]c2cc(F)c(Cl)cc12. The molecule has 210 valence electrons. The summed E-state index contributed by atoms with van der Waals surface area (Å²) < 4.78 is 42.4. The minimum absolute atomic E-state index is 0.0565. The first-order chi connectivity index (χ1) is 19.0. The number of aliphatic imine (C=N–C) groups is 1. The number of aromatic amines is 1. The van der Waals surface area contributed by atoms with Crippen LogP contribution >= 0.6 is 11.6 Å². The summed E-state index contributed by atoms with van der Waals surface area (Å²) in [5.74, 6) is -2.56. The van der Waals surface area contributed by atoms with E-state index in [1.807, 2.05) is 39.0 Å². The molecule has 0 radical (unpaired) electrons. The first kappa shape index (κ1) is 32.4. The van der Waals surface area contributed by atoms with Crippen molar-refractivity contribution in [1.82, 2.24) is 4.98 Å². The highest BCUT2D eigenvalue weighted by molar-refractivity contribution is 6.31. The molecule has 0 saturated heterocycles. The Morgan fingerprint density at radius 3 is 2.40 bits per heavy atom. The molecule has 1 heterocycles. The van der Waals surface area contributed by atoms with Crippen molar-refractivity contribution in [2.45, 2.75) is 73.1 Å². The lowest BCUT2D eigenvalue weighted by molar-refractivity contribution is 0.490. The van der Waals surface area contributed by atoms with E-state index in [2.05, 4.69) is 16.9 Å². The Balaban J connectivity index is 0.000000342. The lowest BCUT2D eigenvalue weighted by Gasteiger charge is -2.15. The maximum atomic E-state index is 14.5. The van der Waals surface area contributed by atoms with Crippen LogP contribution in [0.1, 0.15) is 82.2 Å². The summed E-state index contributed by atoms with van der Waals surface area (Å²) in [6.45, 7) is 10.9. The molecule has 8 heteroatoms. The lowest BCUT2D eigenvalue weighted by atomic mass is 9.91. The third-order valence-electron chi connectivity index (χ3n) is 6.41. The van der Waals surface area contributed by atoms with Crippen molar-refractivity contribution >= 4 is 28.2 Å². The maximum Gasteiger partial charge on any atom is 0.162 e. The number of allylic oxidation sites excluding steroid dienone is 4. The Kier molecular flexibility index (Phi) is 12.2. The summed E-state index contributed by atoms with van der Waals surface area (Å²) >= 11 is 5.96. The first-order valence-electron chi connectivity index (χ1n) is 13.2. The molecule has 0 spiro atoms. The van der Waals surface area contributed by atoms with E-state index in [0.717, 1.165) is 48.0 Å². The van der Waals surface area contributed by atoms with Gasteiger partial charge in [-0.25, -0.2) is 18.2 Å². The molecule has 1 N–H and O–H groups in total. The fourth-order valence-electron chi connectivity index (χ4n) is 4.27. The van der Waals surface area contributed by atoms with Gasteiger partial charge in [0.05, 0.1) is 11.1 Å². The first-order valence-corrected chi connectivity index (χ1v) is 13.5. The highest BCUT2D eigenvalue weighted by Crippen LogP contribution is 2.36. The van der Waals surface area contributed by atoms with Gasteiger partial charge in [-0.3, -0.25) is 0 Å². The molecular weight excluding hydrogens is 533 g/mol. The van der Waals surface area contributed by atoms with E-state index in [0.29, 0.717) is 11.1 Å². The Labute approximate surface area is 239 Å². The van der Waals surface area contributed by atoms with Crippen molar-refractivity contribution in [3.8, 4) is 12.1 Å². The smallest absolute Gasteiger partial charge is 0.162 e. The van der Waals surface area contributed by atoms with Crippen LogP contribution in [0.25, 0.3) is 10.9 Å². The molecule has 0 bridgehead atoms. The van der Waals surface area contributed by atoms with Gasteiger partial charge in [0.1, 0.15) is 17.6 Å². The van der Waals surface area contributed by atoms with Crippen LogP contribution < -0.4 is 0 Å². The highest BCUT2D eigenvalue weighted by atomic mass is 35.5. The number of nitriles is 2. The van der Waals surface area contributed by atoms with Crippen molar-refractivity contribution < 1.29 is 13.2 Å². The third kappa shape index (κ3) is 8.10. The van der Waals surface area contributed by atoms with Crippen molar-refractivity contribution in [1.29, 1.82) is 10.5 Å². The molecule has 1 atom stereocenters. The van der Waals surface area contributed by atoms with Gasteiger partial charge in [-0.2, -0.15) is 10.5 Å². The standard InChI is InChI=1S/C21H21ClF3N.C11H13N3/c1-4-5-6-14-15-9-16(22)17(23)10-18(15)26-21(14)12(3)13-8-7-11(2)19(24)20(13)25;1-4-5-10(3)14-11(8-13)6-9(2)7-12/h7-10,12,26H,4-6H2,1-3H3;5-6H,4H2,1-3H3/b;9-6+,10-5+,14-11-. The van der Waals surface area contributed by atoms with Gasteiger partial charge in [0, 0.05) is 33.8 Å². The molecule has 3 rings (SSSR count). The maximum absolute atomic E-state index is 14.5. The topological polar surface area (TPSA) is 75.7 Å². The normalized spacial score (nSPS) is 12.9. The number of nitrogens with zero attached hydrogens (tertiary/aromatic N) is 3. The minimum Gasteiger partial charge on any atom is -0.358 e. The van der Waals surface area contributed by atoms with Crippen LogP contribution in [0.15, 0.2) is 52.7 Å². The van der Waals surface area contributed by atoms with Crippen LogP contribution in [0, 0.1) is 47.0 Å². The van der Waals surface area contributed by atoms with E-state index >= 15 is 0 Å². The summed E-state index contributed by atoms with van der Waals surface area (Å²) in [7, 11) is 0. The van der Waals surface area contributed by atoms with Gasteiger partial charge in [0.25, 0.3) is 0 Å². The fraction of sp³-hybridized carbons (Fsp3) is 0.344. The number of hydrogen-bond donors (Lipinski definition) is 1. The van der Waals surface area contributed by atoms with E-state index < -0.39 is 23.4 Å². The molecule has 1 unspecified atom stereocenters. The number of nitrogens with one attached hydrogen (secondary N) is 1. The third-order valence-corrected chi connectivity index (χ3v) is 6.70. The predicted molar refractivity (Wildman–Crippen MR) is 157 cm³/mol. The number of halogens is 4. The number of rotatable bonds is 8. The number of aryl methyl sites for hydroxylation is 2. The molecule has 40 heavy (non-hydrogen) atoms. The van der Waals surface area contributed by atoms with Crippen LogP contribution in [0.4, 0.5) is 13.2 Å². The number of unbranched alkanes of at least 4 members (excludes halogenated alkanes) is 1. The molecular formula is C32H34ClF3N4. The van der Waals surface area contributed by atoms with Crippen molar-refractivity contribution in [2.75, 3.05) is 0 Å². The zero-order chi connectivity index (χ0) is 30.0.